The van der Waals surface area contributed by atoms with Gasteiger partial charge in [0.15, 0.2) is 0 Å². The van der Waals surface area contributed by atoms with Crippen LogP contribution in [0.15, 0.2) is 23.1 Å². The molecule has 21 heavy (non-hydrogen) atoms. The standard InChI is InChI=1S/C14H22N2O4S/c1-19-9-7-16(8-10-20-2)21(17,18)13-4-3-12-5-6-15-14(12)11-13/h3-4,11,15H,5-10H2,1-2H3. The summed E-state index contributed by atoms with van der Waals surface area (Å²) in [4.78, 5) is 0.308. The molecule has 2 rings (SSSR count). The highest BCUT2D eigenvalue weighted by molar-refractivity contribution is 7.89. The van der Waals surface area contributed by atoms with Crippen LogP contribution in [0.1, 0.15) is 5.56 Å². The van der Waals surface area contributed by atoms with Crippen molar-refractivity contribution in [2.24, 2.45) is 0 Å². The zero-order chi connectivity index (χ0) is 15.3. The number of ether oxygens (including phenoxy) is 2. The van der Waals surface area contributed by atoms with Crippen LogP contribution >= 0.6 is 0 Å². The van der Waals surface area contributed by atoms with Crippen LogP contribution in [0.4, 0.5) is 5.69 Å². The molecule has 0 bridgehead atoms. The van der Waals surface area contributed by atoms with E-state index in [0.29, 0.717) is 31.2 Å². The molecule has 0 radical (unpaired) electrons. The van der Waals surface area contributed by atoms with Gasteiger partial charge in [-0.1, -0.05) is 6.07 Å². The first kappa shape index (κ1) is 16.2. The molecular formula is C14H22N2O4S. The summed E-state index contributed by atoms with van der Waals surface area (Å²) < 4.78 is 36.9. The molecule has 1 heterocycles. The van der Waals surface area contributed by atoms with Crippen molar-refractivity contribution in [3.8, 4) is 0 Å². The Kier molecular flexibility index (Phi) is 5.58. The molecule has 0 spiro atoms. The maximum absolute atomic E-state index is 12.7. The monoisotopic (exact) mass is 314 g/mol. The van der Waals surface area contributed by atoms with Gasteiger partial charge in [0, 0.05) is 39.5 Å². The highest BCUT2D eigenvalue weighted by Gasteiger charge is 2.25. The van der Waals surface area contributed by atoms with Gasteiger partial charge in [0.1, 0.15) is 0 Å². The zero-order valence-electron chi connectivity index (χ0n) is 12.5. The summed E-state index contributed by atoms with van der Waals surface area (Å²) in [6.07, 6.45) is 0.937. The van der Waals surface area contributed by atoms with Gasteiger partial charge < -0.3 is 14.8 Å². The third kappa shape index (κ3) is 3.74. The summed E-state index contributed by atoms with van der Waals surface area (Å²) in [5.74, 6) is 0. The molecule has 1 aromatic rings. The van der Waals surface area contributed by atoms with E-state index in [-0.39, 0.29) is 0 Å². The first-order chi connectivity index (χ1) is 10.1. The predicted octanol–water partition coefficient (Wildman–Crippen LogP) is 0.938. The number of sulfonamides is 1. The van der Waals surface area contributed by atoms with E-state index >= 15 is 0 Å². The second kappa shape index (κ2) is 7.22. The number of hydrogen-bond donors (Lipinski definition) is 1. The van der Waals surface area contributed by atoms with Crippen molar-refractivity contribution < 1.29 is 17.9 Å². The third-order valence-electron chi connectivity index (χ3n) is 3.52. The number of rotatable bonds is 8. The maximum Gasteiger partial charge on any atom is 0.243 e. The second-order valence-corrected chi connectivity index (χ2v) is 6.82. The van der Waals surface area contributed by atoms with Crippen molar-refractivity contribution in [3.05, 3.63) is 23.8 Å². The number of hydrogen-bond acceptors (Lipinski definition) is 5. The summed E-state index contributed by atoms with van der Waals surface area (Å²) in [5.41, 5.74) is 2.07. The predicted molar refractivity (Wildman–Crippen MR) is 81.1 cm³/mol. The molecule has 1 aliphatic heterocycles. The normalized spacial score (nSPS) is 14.2. The van der Waals surface area contributed by atoms with E-state index in [1.807, 2.05) is 6.07 Å². The third-order valence-corrected chi connectivity index (χ3v) is 5.41. The molecule has 0 amide bonds. The highest BCUT2D eigenvalue weighted by Crippen LogP contribution is 2.26. The Morgan fingerprint density at radius 1 is 1.19 bits per heavy atom. The summed E-state index contributed by atoms with van der Waals surface area (Å²) in [7, 11) is -0.422. The molecule has 1 aromatic carbocycles. The molecule has 6 nitrogen and oxygen atoms in total. The van der Waals surface area contributed by atoms with Gasteiger partial charge in [-0.2, -0.15) is 4.31 Å². The van der Waals surface area contributed by atoms with Crippen molar-refractivity contribution in [2.75, 3.05) is 52.4 Å². The molecule has 0 aliphatic carbocycles. The number of benzene rings is 1. The minimum absolute atomic E-state index is 0.308. The van der Waals surface area contributed by atoms with E-state index in [1.165, 1.54) is 4.31 Å². The SMILES string of the molecule is COCCN(CCOC)S(=O)(=O)c1ccc2c(c1)NCC2. The Morgan fingerprint density at radius 3 is 2.48 bits per heavy atom. The highest BCUT2D eigenvalue weighted by atomic mass is 32.2. The van der Waals surface area contributed by atoms with Crippen molar-refractivity contribution in [3.63, 3.8) is 0 Å². The number of nitrogens with zero attached hydrogens (tertiary/aromatic N) is 1. The van der Waals surface area contributed by atoms with Crippen molar-refractivity contribution >= 4 is 15.7 Å². The van der Waals surface area contributed by atoms with Gasteiger partial charge >= 0.3 is 0 Å². The van der Waals surface area contributed by atoms with Gasteiger partial charge in [0.2, 0.25) is 10.0 Å². The Bertz CT molecular complexity index is 566. The minimum atomic E-state index is -3.53. The molecule has 0 saturated heterocycles. The van der Waals surface area contributed by atoms with Crippen LogP contribution in [0.2, 0.25) is 0 Å². The van der Waals surface area contributed by atoms with Crippen LogP contribution < -0.4 is 5.32 Å². The van der Waals surface area contributed by atoms with Crippen LogP contribution in [-0.4, -0.2) is 59.8 Å². The van der Waals surface area contributed by atoms with Gasteiger partial charge in [-0.25, -0.2) is 8.42 Å². The smallest absolute Gasteiger partial charge is 0.243 e. The first-order valence-corrected chi connectivity index (χ1v) is 8.38. The van der Waals surface area contributed by atoms with Crippen LogP contribution in [0, 0.1) is 0 Å². The quantitative estimate of drug-likeness (QED) is 0.773. The lowest BCUT2D eigenvalue weighted by Crippen LogP contribution is -2.36. The minimum Gasteiger partial charge on any atom is -0.384 e. The second-order valence-electron chi connectivity index (χ2n) is 4.89. The van der Waals surface area contributed by atoms with Crippen molar-refractivity contribution in [1.82, 2.24) is 4.31 Å². The van der Waals surface area contributed by atoms with Crippen molar-refractivity contribution in [1.29, 1.82) is 0 Å². The fourth-order valence-electron chi connectivity index (χ4n) is 2.32. The van der Waals surface area contributed by atoms with E-state index < -0.39 is 10.0 Å². The van der Waals surface area contributed by atoms with Crippen LogP contribution in [0.25, 0.3) is 0 Å². The van der Waals surface area contributed by atoms with E-state index in [9.17, 15) is 8.42 Å². The fourth-order valence-corrected chi connectivity index (χ4v) is 3.75. The lowest BCUT2D eigenvalue weighted by molar-refractivity contribution is 0.150. The number of fused-ring (bicyclic) bond motifs is 1. The average molecular weight is 314 g/mol. The molecule has 0 fully saturated rings. The van der Waals surface area contributed by atoms with Gasteiger partial charge in [-0.3, -0.25) is 0 Å². The molecule has 0 saturated carbocycles. The molecular weight excluding hydrogens is 292 g/mol. The fraction of sp³-hybridized carbons (Fsp3) is 0.571. The van der Waals surface area contributed by atoms with Gasteiger partial charge in [0.25, 0.3) is 0 Å². The van der Waals surface area contributed by atoms with E-state index in [2.05, 4.69) is 5.32 Å². The number of methoxy groups -OCH3 is 2. The van der Waals surface area contributed by atoms with E-state index in [1.54, 1.807) is 26.4 Å². The molecule has 0 unspecified atom stereocenters. The summed E-state index contributed by atoms with van der Waals surface area (Å²) in [5, 5.41) is 3.21. The molecule has 1 N–H and O–H groups in total. The zero-order valence-corrected chi connectivity index (χ0v) is 13.3. The topological polar surface area (TPSA) is 67.9 Å². The summed E-state index contributed by atoms with van der Waals surface area (Å²) >= 11 is 0. The van der Waals surface area contributed by atoms with Crippen LogP contribution in [0.5, 0.6) is 0 Å². The molecule has 118 valence electrons. The molecule has 7 heteroatoms. The number of nitrogens with one attached hydrogen (secondary N) is 1. The molecule has 0 atom stereocenters. The van der Waals surface area contributed by atoms with E-state index in [0.717, 1.165) is 24.2 Å². The Morgan fingerprint density at radius 2 is 1.86 bits per heavy atom. The van der Waals surface area contributed by atoms with Crippen LogP contribution in [0.3, 0.4) is 0 Å². The summed E-state index contributed by atoms with van der Waals surface area (Å²) in [6, 6.07) is 5.27. The lowest BCUT2D eigenvalue weighted by atomic mass is 10.2. The summed E-state index contributed by atoms with van der Waals surface area (Å²) in [6.45, 7) is 2.19. The number of anilines is 1. The van der Waals surface area contributed by atoms with Gasteiger partial charge in [-0.15, -0.1) is 0 Å². The van der Waals surface area contributed by atoms with Gasteiger partial charge in [0.05, 0.1) is 18.1 Å². The van der Waals surface area contributed by atoms with E-state index in [4.69, 9.17) is 9.47 Å². The first-order valence-electron chi connectivity index (χ1n) is 6.94. The largest absolute Gasteiger partial charge is 0.384 e. The molecule has 0 aromatic heterocycles. The van der Waals surface area contributed by atoms with Gasteiger partial charge in [-0.05, 0) is 24.1 Å². The van der Waals surface area contributed by atoms with Crippen LogP contribution in [-0.2, 0) is 25.9 Å². The Hall–Kier alpha value is -1.15. The lowest BCUT2D eigenvalue weighted by Gasteiger charge is -2.22. The average Bonchev–Trinajstić information content (AvgIpc) is 2.94. The maximum atomic E-state index is 12.7. The Labute approximate surface area is 126 Å². The molecule has 1 aliphatic rings. The van der Waals surface area contributed by atoms with Crippen molar-refractivity contribution in [2.45, 2.75) is 11.3 Å². The Balaban J connectivity index is 2.24.